The quantitative estimate of drug-likeness (QED) is 0.865. The van der Waals surface area contributed by atoms with Gasteiger partial charge in [-0.05, 0) is 24.1 Å². The van der Waals surface area contributed by atoms with Gasteiger partial charge in [0.2, 0.25) is 15.9 Å². The molecule has 0 aliphatic carbocycles. The second kappa shape index (κ2) is 6.09. The zero-order valence-electron chi connectivity index (χ0n) is 10.4. The van der Waals surface area contributed by atoms with E-state index < -0.39 is 22.0 Å². The molecule has 0 saturated carbocycles. The summed E-state index contributed by atoms with van der Waals surface area (Å²) in [5, 5.41) is 0.362. The van der Waals surface area contributed by atoms with Crippen LogP contribution in [0.3, 0.4) is 0 Å². The molecule has 3 N–H and O–H groups in total. The zero-order valence-corrected chi connectivity index (χ0v) is 12.7. The average Bonchev–Trinajstić information content (AvgIpc) is 2.28. The maximum absolute atomic E-state index is 12.1. The van der Waals surface area contributed by atoms with E-state index in [9.17, 15) is 13.2 Å². The smallest absolute Gasteiger partial charge is 0.241 e. The first kappa shape index (κ1) is 16.2. The summed E-state index contributed by atoms with van der Waals surface area (Å²) in [6.07, 6.45) is 0. The summed E-state index contributed by atoms with van der Waals surface area (Å²) in [4.78, 5) is 11.1. The Balaban J connectivity index is 3.10. The summed E-state index contributed by atoms with van der Waals surface area (Å²) in [6, 6.07) is 2.89. The van der Waals surface area contributed by atoms with E-state index in [0.29, 0.717) is 0 Å². The zero-order chi connectivity index (χ0) is 14.8. The number of primary amides is 1. The lowest BCUT2D eigenvalue weighted by atomic mass is 10.1. The van der Waals surface area contributed by atoms with E-state index in [1.165, 1.54) is 18.2 Å². The Morgan fingerprint density at radius 2 is 1.84 bits per heavy atom. The molecule has 0 heterocycles. The van der Waals surface area contributed by atoms with Gasteiger partial charge in [-0.1, -0.05) is 37.0 Å². The van der Waals surface area contributed by atoms with Gasteiger partial charge in [0.1, 0.15) is 6.04 Å². The fourth-order valence-electron chi connectivity index (χ4n) is 1.40. The molecule has 19 heavy (non-hydrogen) atoms. The first-order valence-electron chi connectivity index (χ1n) is 5.42. The third kappa shape index (κ3) is 4.07. The standard InChI is InChI=1S/C11H14Cl2N2O3S/c1-6(2)10(11(14)16)15-19(17,18)7-3-4-8(12)9(13)5-7/h3-6,10,15H,1-2H3,(H2,14,16)/t10-/m1/s1. The van der Waals surface area contributed by atoms with Crippen LogP contribution in [0.4, 0.5) is 0 Å². The number of benzene rings is 1. The molecule has 0 spiro atoms. The molecular weight excluding hydrogens is 311 g/mol. The Kier molecular flexibility index (Phi) is 5.20. The predicted octanol–water partition coefficient (Wildman–Crippen LogP) is 1.78. The van der Waals surface area contributed by atoms with E-state index in [-0.39, 0.29) is 20.9 Å². The van der Waals surface area contributed by atoms with Gasteiger partial charge in [-0.3, -0.25) is 4.79 Å². The van der Waals surface area contributed by atoms with Gasteiger partial charge >= 0.3 is 0 Å². The molecule has 0 radical (unpaired) electrons. The molecule has 8 heteroatoms. The summed E-state index contributed by atoms with van der Waals surface area (Å²) in [5.74, 6) is -1.01. The molecule has 0 aliphatic heterocycles. The molecule has 0 aliphatic rings. The van der Waals surface area contributed by atoms with Crippen molar-refractivity contribution in [1.29, 1.82) is 0 Å². The molecule has 1 aromatic carbocycles. The van der Waals surface area contributed by atoms with Crippen molar-refractivity contribution in [3.8, 4) is 0 Å². The molecule has 5 nitrogen and oxygen atoms in total. The van der Waals surface area contributed by atoms with Gasteiger partial charge in [-0.25, -0.2) is 8.42 Å². The molecule has 1 amide bonds. The van der Waals surface area contributed by atoms with Crippen LogP contribution >= 0.6 is 23.2 Å². The number of nitrogens with two attached hydrogens (primary N) is 1. The van der Waals surface area contributed by atoms with E-state index in [4.69, 9.17) is 28.9 Å². The molecule has 0 unspecified atom stereocenters. The highest BCUT2D eigenvalue weighted by atomic mass is 35.5. The van der Waals surface area contributed by atoms with Crippen LogP contribution in [-0.4, -0.2) is 20.4 Å². The van der Waals surface area contributed by atoms with Crippen molar-refractivity contribution in [3.63, 3.8) is 0 Å². The Bertz CT molecular complexity index is 588. The van der Waals surface area contributed by atoms with Gasteiger partial charge in [0.05, 0.1) is 14.9 Å². The second-order valence-electron chi connectivity index (χ2n) is 4.32. The monoisotopic (exact) mass is 324 g/mol. The van der Waals surface area contributed by atoms with Gasteiger partial charge < -0.3 is 5.73 Å². The number of halogens is 2. The van der Waals surface area contributed by atoms with Crippen LogP contribution in [0, 0.1) is 5.92 Å². The summed E-state index contributed by atoms with van der Waals surface area (Å²) >= 11 is 11.5. The van der Waals surface area contributed by atoms with Crippen molar-refractivity contribution in [3.05, 3.63) is 28.2 Å². The predicted molar refractivity (Wildman–Crippen MR) is 74.6 cm³/mol. The lowest BCUT2D eigenvalue weighted by Crippen LogP contribution is -2.47. The first-order valence-corrected chi connectivity index (χ1v) is 7.65. The van der Waals surface area contributed by atoms with Crippen molar-refractivity contribution in [2.75, 3.05) is 0 Å². The largest absolute Gasteiger partial charge is 0.368 e. The minimum Gasteiger partial charge on any atom is -0.368 e. The van der Waals surface area contributed by atoms with E-state index in [2.05, 4.69) is 4.72 Å². The van der Waals surface area contributed by atoms with Crippen LogP contribution in [0.15, 0.2) is 23.1 Å². The number of carbonyl (C=O) groups is 1. The third-order valence-electron chi connectivity index (χ3n) is 2.46. The molecule has 1 rings (SSSR count). The molecule has 0 bridgehead atoms. The number of sulfonamides is 1. The fraction of sp³-hybridized carbons (Fsp3) is 0.364. The number of hydrogen-bond donors (Lipinski definition) is 2. The van der Waals surface area contributed by atoms with Gasteiger partial charge in [0.15, 0.2) is 0 Å². The number of nitrogens with one attached hydrogen (secondary N) is 1. The van der Waals surface area contributed by atoms with Gasteiger partial charge in [-0.2, -0.15) is 4.72 Å². The van der Waals surface area contributed by atoms with Crippen LogP contribution in [0.2, 0.25) is 10.0 Å². The summed E-state index contributed by atoms with van der Waals surface area (Å²) < 4.78 is 26.4. The second-order valence-corrected chi connectivity index (χ2v) is 6.85. The van der Waals surface area contributed by atoms with Crippen molar-refractivity contribution in [1.82, 2.24) is 4.72 Å². The number of rotatable bonds is 5. The molecule has 0 fully saturated rings. The third-order valence-corrected chi connectivity index (χ3v) is 4.63. The van der Waals surface area contributed by atoms with E-state index in [1.54, 1.807) is 13.8 Å². The highest BCUT2D eigenvalue weighted by Crippen LogP contribution is 2.25. The maximum Gasteiger partial charge on any atom is 0.241 e. The van der Waals surface area contributed by atoms with E-state index in [1.807, 2.05) is 0 Å². The first-order chi connectivity index (χ1) is 8.65. The molecular formula is C11H14Cl2N2O3S. The molecule has 106 valence electrons. The normalized spacial score (nSPS) is 13.5. The topological polar surface area (TPSA) is 89.3 Å². The minimum absolute atomic E-state index is 0.0752. The highest BCUT2D eigenvalue weighted by molar-refractivity contribution is 7.89. The molecule has 1 aromatic rings. The van der Waals surface area contributed by atoms with Crippen molar-refractivity contribution in [2.24, 2.45) is 11.7 Å². The lowest BCUT2D eigenvalue weighted by Gasteiger charge is -2.19. The van der Waals surface area contributed by atoms with E-state index in [0.717, 1.165) is 0 Å². The minimum atomic E-state index is -3.88. The molecule has 1 atom stereocenters. The fourth-order valence-corrected chi connectivity index (χ4v) is 3.14. The lowest BCUT2D eigenvalue weighted by molar-refractivity contribution is -0.120. The van der Waals surface area contributed by atoms with Crippen LogP contribution in [-0.2, 0) is 14.8 Å². The molecule has 0 saturated heterocycles. The van der Waals surface area contributed by atoms with Crippen molar-refractivity contribution >= 4 is 39.1 Å². The van der Waals surface area contributed by atoms with Gasteiger partial charge in [-0.15, -0.1) is 0 Å². The average molecular weight is 325 g/mol. The molecule has 0 aromatic heterocycles. The van der Waals surface area contributed by atoms with Crippen LogP contribution in [0.25, 0.3) is 0 Å². The SMILES string of the molecule is CC(C)[C@@H](NS(=O)(=O)c1ccc(Cl)c(Cl)c1)C(N)=O. The number of carbonyl (C=O) groups excluding carboxylic acids is 1. The van der Waals surface area contributed by atoms with Crippen molar-refractivity contribution in [2.45, 2.75) is 24.8 Å². The summed E-state index contributed by atoms with van der Waals surface area (Å²) in [6.45, 7) is 3.37. The van der Waals surface area contributed by atoms with Gasteiger partial charge in [0.25, 0.3) is 0 Å². The summed E-state index contributed by atoms with van der Waals surface area (Å²) in [5.41, 5.74) is 5.16. The number of hydrogen-bond acceptors (Lipinski definition) is 3. The van der Waals surface area contributed by atoms with Crippen LogP contribution in [0.5, 0.6) is 0 Å². The Morgan fingerprint density at radius 3 is 2.26 bits per heavy atom. The Labute approximate surface area is 122 Å². The summed E-state index contributed by atoms with van der Waals surface area (Å²) in [7, 11) is -3.88. The highest BCUT2D eigenvalue weighted by Gasteiger charge is 2.26. The van der Waals surface area contributed by atoms with Gasteiger partial charge in [0, 0.05) is 0 Å². The Hall–Kier alpha value is -0.820. The number of amides is 1. The van der Waals surface area contributed by atoms with Crippen LogP contribution in [0.1, 0.15) is 13.8 Å². The van der Waals surface area contributed by atoms with E-state index >= 15 is 0 Å². The maximum atomic E-state index is 12.1. The van der Waals surface area contributed by atoms with Crippen LogP contribution < -0.4 is 10.5 Å². The van der Waals surface area contributed by atoms with Crippen molar-refractivity contribution < 1.29 is 13.2 Å². The Morgan fingerprint density at radius 1 is 1.26 bits per heavy atom.